The molecule has 2 saturated heterocycles. The Bertz CT molecular complexity index is 1200. The average molecular weight is 473 g/mol. The van der Waals surface area contributed by atoms with Crippen molar-refractivity contribution in [3.63, 3.8) is 0 Å². The Labute approximate surface area is 204 Å². The second kappa shape index (κ2) is 9.80. The largest absolute Gasteiger partial charge is 0.493 e. The minimum Gasteiger partial charge on any atom is -0.493 e. The van der Waals surface area contributed by atoms with Crippen LogP contribution in [0.2, 0.25) is 0 Å². The number of imide groups is 1. The van der Waals surface area contributed by atoms with Crippen molar-refractivity contribution >= 4 is 17.5 Å². The highest BCUT2D eigenvalue weighted by Crippen LogP contribution is 2.48. The van der Waals surface area contributed by atoms with Crippen LogP contribution in [0.5, 0.6) is 11.5 Å². The number of carbonyl (C=O) groups is 2. The van der Waals surface area contributed by atoms with Gasteiger partial charge in [0.2, 0.25) is 5.91 Å². The third-order valence-electron chi connectivity index (χ3n) is 6.39. The molecule has 2 aliphatic rings. The summed E-state index contributed by atoms with van der Waals surface area (Å²) in [6, 6.07) is 24.2. The minimum absolute atomic E-state index is 0.222. The highest BCUT2D eigenvalue weighted by molar-refractivity contribution is 6.07. The summed E-state index contributed by atoms with van der Waals surface area (Å²) in [4.78, 5) is 34.5. The zero-order chi connectivity index (χ0) is 24.4. The van der Waals surface area contributed by atoms with E-state index in [4.69, 9.17) is 14.3 Å². The molecule has 0 spiro atoms. The topological polar surface area (TPSA) is 68.3 Å². The van der Waals surface area contributed by atoms with Crippen molar-refractivity contribution in [2.45, 2.75) is 32.0 Å². The minimum atomic E-state index is -0.890. The lowest BCUT2D eigenvalue weighted by Crippen LogP contribution is -2.36. The average Bonchev–Trinajstić information content (AvgIpc) is 3.40. The first-order chi connectivity index (χ1) is 17.1. The van der Waals surface area contributed by atoms with Crippen LogP contribution < -0.4 is 14.5 Å². The van der Waals surface area contributed by atoms with Crippen LogP contribution in [-0.2, 0) is 21.0 Å². The molecular weight excluding hydrogens is 444 g/mol. The van der Waals surface area contributed by atoms with E-state index in [1.54, 1.807) is 12.2 Å². The van der Waals surface area contributed by atoms with E-state index < -0.39 is 18.1 Å². The van der Waals surface area contributed by atoms with E-state index in [2.05, 4.69) is 0 Å². The van der Waals surface area contributed by atoms with Crippen molar-refractivity contribution in [1.82, 2.24) is 4.90 Å². The maximum Gasteiger partial charge on any atom is 0.262 e. The van der Waals surface area contributed by atoms with Gasteiger partial charge in [-0.15, -0.1) is 0 Å². The van der Waals surface area contributed by atoms with Crippen LogP contribution >= 0.6 is 0 Å². The number of hydrogen-bond acceptors (Lipinski definition) is 6. The van der Waals surface area contributed by atoms with Crippen LogP contribution in [0.4, 0.5) is 5.69 Å². The Morgan fingerprint density at radius 1 is 0.886 bits per heavy atom. The van der Waals surface area contributed by atoms with Crippen molar-refractivity contribution < 1.29 is 23.9 Å². The molecule has 7 nitrogen and oxygen atoms in total. The molecule has 2 aliphatic heterocycles. The molecule has 7 heteroatoms. The van der Waals surface area contributed by atoms with Crippen molar-refractivity contribution in [2.75, 3.05) is 18.8 Å². The maximum atomic E-state index is 13.7. The number of likely N-dealkylation sites (tertiary alicyclic amines) is 1. The molecule has 5 rings (SSSR count). The summed E-state index contributed by atoms with van der Waals surface area (Å²) in [6.45, 7) is 2.84. The number of nitrogens with zero attached hydrogens (tertiary/aromatic N) is 2. The summed E-state index contributed by atoms with van der Waals surface area (Å²) in [7, 11) is 1.59. The number of carbonyl (C=O) groups excluding carboxylic acids is 2. The molecule has 0 unspecified atom stereocenters. The number of hydrogen-bond donors (Lipinski definition) is 0. The number of rotatable bonds is 8. The van der Waals surface area contributed by atoms with E-state index in [0.29, 0.717) is 18.1 Å². The number of anilines is 1. The second-order valence-corrected chi connectivity index (χ2v) is 8.66. The van der Waals surface area contributed by atoms with Crippen LogP contribution in [0.25, 0.3) is 0 Å². The third kappa shape index (κ3) is 4.23. The normalized spacial score (nSPS) is 21.4. The fourth-order valence-corrected chi connectivity index (χ4v) is 4.73. The number of benzene rings is 3. The lowest BCUT2D eigenvalue weighted by molar-refractivity contribution is -0.143. The summed E-state index contributed by atoms with van der Waals surface area (Å²) in [5.41, 5.74) is 2.47. The number of methoxy groups -OCH3 is 1. The van der Waals surface area contributed by atoms with E-state index in [1.807, 2.05) is 85.8 Å². The molecule has 2 fully saturated rings. The van der Waals surface area contributed by atoms with E-state index in [1.165, 1.54) is 4.90 Å². The van der Waals surface area contributed by atoms with Gasteiger partial charge in [0.1, 0.15) is 5.92 Å². The summed E-state index contributed by atoms with van der Waals surface area (Å²) >= 11 is 0. The van der Waals surface area contributed by atoms with Gasteiger partial charge in [0.15, 0.2) is 17.6 Å². The first-order valence-corrected chi connectivity index (χ1v) is 11.8. The molecule has 0 saturated carbocycles. The molecule has 0 N–H and O–H groups in total. The van der Waals surface area contributed by atoms with Crippen LogP contribution in [0.3, 0.4) is 0 Å². The first-order valence-electron chi connectivity index (χ1n) is 11.8. The number of para-hydroxylation sites is 1. The highest BCUT2D eigenvalue weighted by atomic mass is 16.7. The Morgan fingerprint density at radius 3 is 2.29 bits per heavy atom. The molecule has 0 radical (unpaired) electrons. The molecule has 2 amide bonds. The second-order valence-electron chi connectivity index (χ2n) is 8.66. The van der Waals surface area contributed by atoms with Gasteiger partial charge in [-0.2, -0.15) is 0 Å². The fraction of sp³-hybridized carbons (Fsp3) is 0.286. The molecule has 180 valence electrons. The summed E-state index contributed by atoms with van der Waals surface area (Å²) < 4.78 is 11.4. The number of hydroxylamine groups is 1. The number of fused-ring (bicyclic) bond motifs is 1. The predicted molar refractivity (Wildman–Crippen MR) is 131 cm³/mol. The number of amides is 2. The lowest BCUT2D eigenvalue weighted by atomic mass is 9.90. The van der Waals surface area contributed by atoms with E-state index in [0.717, 1.165) is 23.2 Å². The number of ether oxygens (including phenoxy) is 2. The van der Waals surface area contributed by atoms with Gasteiger partial charge >= 0.3 is 0 Å². The fourth-order valence-electron chi connectivity index (χ4n) is 4.73. The van der Waals surface area contributed by atoms with Crippen LogP contribution in [-0.4, -0.2) is 36.5 Å². The molecular formula is C28H28N2O5. The molecule has 0 aliphatic carbocycles. The smallest absolute Gasteiger partial charge is 0.262 e. The highest BCUT2D eigenvalue weighted by Gasteiger charge is 2.59. The van der Waals surface area contributed by atoms with Crippen LogP contribution in [0.15, 0.2) is 78.9 Å². The summed E-state index contributed by atoms with van der Waals surface area (Å²) in [5.74, 6) is -0.0251. The van der Waals surface area contributed by atoms with Crippen molar-refractivity contribution in [2.24, 2.45) is 5.92 Å². The molecule has 2 heterocycles. The Kier molecular flexibility index (Phi) is 6.42. The van der Waals surface area contributed by atoms with Gasteiger partial charge in [-0.25, -0.2) is 5.06 Å². The molecule has 3 aromatic carbocycles. The standard InChI is InChI=1S/C28H28N2O5/c1-3-16-34-22-15-14-20(17-23(22)33-2)25-24-26(35-30(25)21-12-8-5-9-13-21)28(32)29(27(24)31)18-19-10-6-4-7-11-19/h4-15,17,24-26H,3,16,18H2,1-2H3/t24-,25-,26-/m0/s1. The van der Waals surface area contributed by atoms with Gasteiger partial charge in [0, 0.05) is 0 Å². The first kappa shape index (κ1) is 22.9. The van der Waals surface area contributed by atoms with Gasteiger partial charge in [-0.05, 0) is 41.8 Å². The molecule has 3 aromatic rings. The molecule has 35 heavy (non-hydrogen) atoms. The zero-order valence-electron chi connectivity index (χ0n) is 19.8. The maximum absolute atomic E-state index is 13.7. The zero-order valence-corrected chi connectivity index (χ0v) is 19.8. The molecule has 0 bridgehead atoms. The van der Waals surface area contributed by atoms with Gasteiger partial charge in [-0.1, -0.05) is 61.5 Å². The van der Waals surface area contributed by atoms with E-state index >= 15 is 0 Å². The summed E-state index contributed by atoms with van der Waals surface area (Å²) in [5, 5.41) is 1.69. The van der Waals surface area contributed by atoms with Crippen molar-refractivity contribution in [3.8, 4) is 11.5 Å². The van der Waals surface area contributed by atoms with Crippen molar-refractivity contribution in [1.29, 1.82) is 0 Å². The van der Waals surface area contributed by atoms with Gasteiger partial charge in [0.25, 0.3) is 5.91 Å². The molecule has 0 aromatic heterocycles. The Hall–Kier alpha value is -3.84. The SMILES string of the molecule is CCCOc1ccc([C@H]2[C@@H]3C(=O)N(Cc4ccccc4)C(=O)[C@H]3ON2c2ccccc2)cc1OC. The van der Waals surface area contributed by atoms with Gasteiger partial charge < -0.3 is 9.47 Å². The monoisotopic (exact) mass is 472 g/mol. The summed E-state index contributed by atoms with van der Waals surface area (Å²) in [6.07, 6.45) is -0.0146. The van der Waals surface area contributed by atoms with Gasteiger partial charge in [0.05, 0.1) is 32.0 Å². The van der Waals surface area contributed by atoms with E-state index in [-0.39, 0.29) is 18.4 Å². The van der Waals surface area contributed by atoms with Crippen molar-refractivity contribution in [3.05, 3.63) is 90.0 Å². The van der Waals surface area contributed by atoms with Crippen LogP contribution in [0, 0.1) is 5.92 Å². The Balaban J connectivity index is 1.52. The Morgan fingerprint density at radius 2 is 1.60 bits per heavy atom. The van der Waals surface area contributed by atoms with E-state index in [9.17, 15) is 9.59 Å². The lowest BCUT2D eigenvalue weighted by Gasteiger charge is -2.29. The molecule has 3 atom stereocenters. The third-order valence-corrected chi connectivity index (χ3v) is 6.39. The predicted octanol–water partition coefficient (Wildman–Crippen LogP) is 4.53. The quantitative estimate of drug-likeness (QED) is 0.449. The van der Waals surface area contributed by atoms with Gasteiger partial charge in [-0.3, -0.25) is 19.3 Å². The van der Waals surface area contributed by atoms with Crippen LogP contribution in [0.1, 0.15) is 30.5 Å².